The largest absolute Gasteiger partial charge is 0.493 e. The first-order chi connectivity index (χ1) is 15.9. The van der Waals surface area contributed by atoms with Crippen molar-refractivity contribution in [1.29, 1.82) is 0 Å². The molecule has 0 amide bonds. The Hall–Kier alpha value is -3.30. The molecule has 0 aliphatic heterocycles. The minimum Gasteiger partial charge on any atom is -0.493 e. The summed E-state index contributed by atoms with van der Waals surface area (Å²) in [6.07, 6.45) is 0. The second-order valence-electron chi connectivity index (χ2n) is 7.60. The fraction of sp³-hybridized carbons (Fsp3) is 0.250. The van der Waals surface area contributed by atoms with Crippen LogP contribution >= 0.6 is 11.3 Å². The molecule has 2 aromatic heterocycles. The first-order valence-corrected chi connectivity index (χ1v) is 11.1. The van der Waals surface area contributed by atoms with Crippen LogP contribution in [-0.4, -0.2) is 35.6 Å². The number of aromatic nitrogens is 2. The standard InChI is InChI=1S/C24H23F2N3O3S/c1-14(29(2)12-15-9-10-18(32-24(25)26)19(11-15)31-3)21-27-22(30)20-17(13-33-23(20)28-21)16-7-5-4-6-8-16/h4-11,13-14,24H,12H2,1-3H3,(H,27,28,30)/t14-/m0/s1. The molecule has 33 heavy (non-hydrogen) atoms. The van der Waals surface area contributed by atoms with Gasteiger partial charge in [-0.05, 0) is 37.2 Å². The summed E-state index contributed by atoms with van der Waals surface area (Å²) in [6.45, 7) is -0.500. The number of H-pyrrole nitrogens is 1. The van der Waals surface area contributed by atoms with E-state index >= 15 is 0 Å². The van der Waals surface area contributed by atoms with Gasteiger partial charge in [-0.1, -0.05) is 36.4 Å². The number of benzene rings is 2. The average molecular weight is 472 g/mol. The highest BCUT2D eigenvalue weighted by atomic mass is 32.1. The van der Waals surface area contributed by atoms with Gasteiger partial charge in [0.05, 0.1) is 18.5 Å². The fourth-order valence-corrected chi connectivity index (χ4v) is 4.59. The number of thiophene rings is 1. The Bertz CT molecular complexity index is 1310. The van der Waals surface area contributed by atoms with Gasteiger partial charge < -0.3 is 14.5 Å². The first-order valence-electron chi connectivity index (χ1n) is 10.3. The van der Waals surface area contributed by atoms with Crippen molar-refractivity contribution in [2.24, 2.45) is 0 Å². The molecule has 4 rings (SSSR count). The lowest BCUT2D eigenvalue weighted by atomic mass is 10.1. The molecule has 0 fully saturated rings. The molecule has 4 aromatic rings. The Labute approximate surface area is 193 Å². The zero-order valence-electron chi connectivity index (χ0n) is 18.3. The number of nitrogens with zero attached hydrogens (tertiary/aromatic N) is 2. The van der Waals surface area contributed by atoms with E-state index in [1.807, 2.05) is 54.6 Å². The summed E-state index contributed by atoms with van der Waals surface area (Å²) >= 11 is 1.44. The fourth-order valence-electron chi connectivity index (χ4n) is 3.63. The molecule has 0 saturated heterocycles. The van der Waals surface area contributed by atoms with Crippen molar-refractivity contribution >= 4 is 21.6 Å². The van der Waals surface area contributed by atoms with Crippen molar-refractivity contribution in [3.05, 3.63) is 75.7 Å². The smallest absolute Gasteiger partial charge is 0.387 e. The van der Waals surface area contributed by atoms with Crippen molar-refractivity contribution in [2.45, 2.75) is 26.1 Å². The Kier molecular flexibility index (Phi) is 6.71. The SMILES string of the molecule is COc1cc(CN(C)[C@@H](C)c2nc3scc(-c4ccccc4)c3c(=O)[nH]2)ccc1OC(F)F. The highest BCUT2D eigenvalue weighted by Crippen LogP contribution is 2.32. The van der Waals surface area contributed by atoms with Crippen molar-refractivity contribution in [3.63, 3.8) is 0 Å². The number of rotatable bonds is 8. The Morgan fingerprint density at radius 3 is 2.61 bits per heavy atom. The number of nitrogens with one attached hydrogen (secondary N) is 1. The van der Waals surface area contributed by atoms with Crippen LogP contribution in [0.2, 0.25) is 0 Å². The summed E-state index contributed by atoms with van der Waals surface area (Å²) in [5, 5.41) is 2.54. The summed E-state index contributed by atoms with van der Waals surface area (Å²) in [6, 6.07) is 14.4. The van der Waals surface area contributed by atoms with E-state index in [0.29, 0.717) is 22.6 Å². The summed E-state index contributed by atoms with van der Waals surface area (Å²) in [7, 11) is 3.30. The van der Waals surface area contributed by atoms with Gasteiger partial charge in [-0.3, -0.25) is 9.69 Å². The number of ether oxygens (including phenoxy) is 2. The molecule has 1 N–H and O–H groups in total. The maximum Gasteiger partial charge on any atom is 0.387 e. The summed E-state index contributed by atoms with van der Waals surface area (Å²) in [5.74, 6) is 0.769. The van der Waals surface area contributed by atoms with Crippen LogP contribution in [0.3, 0.4) is 0 Å². The van der Waals surface area contributed by atoms with Gasteiger partial charge in [0.25, 0.3) is 5.56 Å². The zero-order valence-corrected chi connectivity index (χ0v) is 19.2. The van der Waals surface area contributed by atoms with Gasteiger partial charge in [0.15, 0.2) is 11.5 Å². The van der Waals surface area contributed by atoms with Crippen LogP contribution in [-0.2, 0) is 6.54 Å². The number of aromatic amines is 1. The second-order valence-corrected chi connectivity index (χ2v) is 8.46. The van der Waals surface area contributed by atoms with Crippen LogP contribution in [0.1, 0.15) is 24.4 Å². The predicted molar refractivity (Wildman–Crippen MR) is 125 cm³/mol. The van der Waals surface area contributed by atoms with E-state index in [-0.39, 0.29) is 23.1 Å². The van der Waals surface area contributed by atoms with E-state index in [4.69, 9.17) is 9.72 Å². The maximum atomic E-state index is 13.0. The van der Waals surface area contributed by atoms with Crippen LogP contribution < -0.4 is 15.0 Å². The summed E-state index contributed by atoms with van der Waals surface area (Å²) in [4.78, 5) is 23.3. The molecule has 0 radical (unpaired) electrons. The van der Waals surface area contributed by atoms with E-state index in [1.54, 1.807) is 12.1 Å². The predicted octanol–water partition coefficient (Wildman–Crippen LogP) is 5.45. The van der Waals surface area contributed by atoms with Crippen LogP contribution in [0.15, 0.2) is 58.7 Å². The number of halogens is 2. The number of alkyl halides is 2. The molecule has 0 aliphatic rings. The van der Waals surface area contributed by atoms with Crippen LogP contribution in [0, 0.1) is 0 Å². The molecule has 1 atom stereocenters. The van der Waals surface area contributed by atoms with Crippen LogP contribution in [0.4, 0.5) is 8.78 Å². The van der Waals surface area contributed by atoms with Gasteiger partial charge in [-0.25, -0.2) is 4.98 Å². The van der Waals surface area contributed by atoms with Gasteiger partial charge >= 0.3 is 6.61 Å². The van der Waals surface area contributed by atoms with E-state index < -0.39 is 6.61 Å². The van der Waals surface area contributed by atoms with E-state index in [1.165, 1.54) is 24.5 Å². The molecule has 172 valence electrons. The normalized spacial score (nSPS) is 12.5. The minimum atomic E-state index is -2.93. The molecule has 2 heterocycles. The van der Waals surface area contributed by atoms with Crippen LogP contribution in [0.5, 0.6) is 11.5 Å². The van der Waals surface area contributed by atoms with Crippen molar-refractivity contribution in [3.8, 4) is 22.6 Å². The number of hydrogen-bond donors (Lipinski definition) is 1. The third-order valence-corrected chi connectivity index (χ3v) is 6.35. The molecular formula is C24H23F2N3O3S. The average Bonchev–Trinajstić information content (AvgIpc) is 3.24. The Balaban J connectivity index is 1.57. The molecule has 0 saturated carbocycles. The van der Waals surface area contributed by atoms with Gasteiger partial charge in [0.2, 0.25) is 0 Å². The van der Waals surface area contributed by atoms with E-state index in [9.17, 15) is 13.6 Å². The molecule has 0 bridgehead atoms. The summed E-state index contributed by atoms with van der Waals surface area (Å²) in [5.41, 5.74) is 2.51. The molecule has 0 unspecified atom stereocenters. The molecule has 9 heteroatoms. The monoisotopic (exact) mass is 471 g/mol. The van der Waals surface area contributed by atoms with E-state index in [0.717, 1.165) is 16.7 Å². The van der Waals surface area contributed by atoms with Gasteiger partial charge in [-0.2, -0.15) is 8.78 Å². The molecule has 2 aromatic carbocycles. The highest BCUT2D eigenvalue weighted by Gasteiger charge is 2.19. The van der Waals surface area contributed by atoms with Crippen LogP contribution in [0.25, 0.3) is 21.3 Å². The zero-order chi connectivity index (χ0) is 23.5. The minimum absolute atomic E-state index is 0.0182. The quantitative estimate of drug-likeness (QED) is 0.370. The lowest BCUT2D eigenvalue weighted by Gasteiger charge is -2.24. The molecule has 0 aliphatic carbocycles. The van der Waals surface area contributed by atoms with Gasteiger partial charge in [0.1, 0.15) is 10.7 Å². The maximum absolute atomic E-state index is 13.0. The highest BCUT2D eigenvalue weighted by molar-refractivity contribution is 7.17. The van der Waals surface area contributed by atoms with Gasteiger partial charge in [-0.15, -0.1) is 11.3 Å². The van der Waals surface area contributed by atoms with Crippen molar-refractivity contribution in [1.82, 2.24) is 14.9 Å². The lowest BCUT2D eigenvalue weighted by molar-refractivity contribution is -0.0512. The number of fused-ring (bicyclic) bond motifs is 1. The number of hydrogen-bond acceptors (Lipinski definition) is 6. The van der Waals surface area contributed by atoms with Crippen molar-refractivity contribution < 1.29 is 18.3 Å². The third-order valence-electron chi connectivity index (χ3n) is 5.48. The number of methoxy groups -OCH3 is 1. The molecule has 6 nitrogen and oxygen atoms in total. The Morgan fingerprint density at radius 2 is 1.91 bits per heavy atom. The third kappa shape index (κ3) is 4.89. The summed E-state index contributed by atoms with van der Waals surface area (Å²) < 4.78 is 34.8. The topological polar surface area (TPSA) is 67.5 Å². The Morgan fingerprint density at radius 1 is 1.15 bits per heavy atom. The lowest BCUT2D eigenvalue weighted by Crippen LogP contribution is -2.25. The van der Waals surface area contributed by atoms with Gasteiger partial charge in [0, 0.05) is 17.5 Å². The molecule has 0 spiro atoms. The van der Waals surface area contributed by atoms with Crippen molar-refractivity contribution in [2.75, 3.05) is 14.2 Å². The molecular weight excluding hydrogens is 448 g/mol. The second kappa shape index (κ2) is 9.68. The van der Waals surface area contributed by atoms with E-state index in [2.05, 4.69) is 9.72 Å². The first kappa shape index (κ1) is 22.9.